The molecule has 0 radical (unpaired) electrons. The third kappa shape index (κ3) is 5.35. The lowest BCUT2D eigenvalue weighted by molar-refractivity contribution is -0.122. The van der Waals surface area contributed by atoms with E-state index in [2.05, 4.69) is 21.2 Å². The van der Waals surface area contributed by atoms with Crippen LogP contribution in [0.15, 0.2) is 70.7 Å². The van der Waals surface area contributed by atoms with Crippen molar-refractivity contribution in [2.45, 2.75) is 6.61 Å². The summed E-state index contributed by atoms with van der Waals surface area (Å²) in [7, 11) is 1.47. The van der Waals surface area contributed by atoms with Crippen molar-refractivity contribution in [3.63, 3.8) is 0 Å². The Morgan fingerprint density at radius 1 is 1.00 bits per heavy atom. The number of benzene rings is 3. The van der Waals surface area contributed by atoms with Gasteiger partial charge >= 0.3 is 6.03 Å². The minimum atomic E-state index is -0.848. The summed E-state index contributed by atoms with van der Waals surface area (Å²) in [5.41, 5.74) is 1.31. The van der Waals surface area contributed by atoms with Gasteiger partial charge in [-0.15, -0.1) is 0 Å². The summed E-state index contributed by atoms with van der Waals surface area (Å²) in [6.07, 6.45) is 1.37. The van der Waals surface area contributed by atoms with Crippen molar-refractivity contribution >= 4 is 68.7 Å². The quantitative estimate of drug-likeness (QED) is 0.287. The maximum absolute atomic E-state index is 13.1. The molecule has 0 bridgehead atoms. The highest BCUT2D eigenvalue weighted by atomic mass is 79.9. The Kier molecular flexibility index (Phi) is 7.45. The zero-order chi connectivity index (χ0) is 25.1. The van der Waals surface area contributed by atoms with Crippen LogP contribution in [0.25, 0.3) is 6.08 Å². The molecular formula is C25H17BrCl2N2O5. The SMILES string of the molecule is COc1cc(/C=C2\C(=O)NC(=O)N(c3ccc(Cl)cc3)C2=O)c(Br)cc1OCc1ccccc1Cl. The Bertz CT molecular complexity index is 1360. The van der Waals surface area contributed by atoms with Crippen molar-refractivity contribution in [3.8, 4) is 11.5 Å². The molecule has 10 heteroatoms. The number of nitrogens with one attached hydrogen (secondary N) is 1. The number of methoxy groups -OCH3 is 1. The van der Waals surface area contributed by atoms with Crippen molar-refractivity contribution in [1.29, 1.82) is 0 Å². The summed E-state index contributed by atoms with van der Waals surface area (Å²) < 4.78 is 11.9. The maximum atomic E-state index is 13.1. The first-order valence-corrected chi connectivity index (χ1v) is 11.7. The zero-order valence-corrected chi connectivity index (χ0v) is 21.3. The number of anilines is 1. The number of nitrogens with zero attached hydrogens (tertiary/aromatic N) is 1. The zero-order valence-electron chi connectivity index (χ0n) is 18.2. The fourth-order valence-corrected chi connectivity index (χ4v) is 4.10. The van der Waals surface area contributed by atoms with Crippen LogP contribution in [0.2, 0.25) is 10.0 Å². The lowest BCUT2D eigenvalue weighted by Crippen LogP contribution is -2.54. The van der Waals surface area contributed by atoms with E-state index in [0.717, 1.165) is 10.5 Å². The van der Waals surface area contributed by atoms with Crippen LogP contribution in [0, 0.1) is 0 Å². The van der Waals surface area contributed by atoms with Gasteiger partial charge in [-0.2, -0.15) is 0 Å². The summed E-state index contributed by atoms with van der Waals surface area (Å²) in [5, 5.41) is 3.21. The van der Waals surface area contributed by atoms with Crippen LogP contribution in [-0.4, -0.2) is 25.0 Å². The van der Waals surface area contributed by atoms with E-state index in [0.29, 0.717) is 31.6 Å². The molecule has 3 aromatic rings. The monoisotopic (exact) mass is 574 g/mol. The standard InChI is InChI=1S/C25H17BrCl2N2O5/c1-34-21-11-15(19(26)12-22(21)35-13-14-4-2-3-5-20(14)28)10-18-23(31)29-25(33)30(24(18)32)17-8-6-16(27)7-9-17/h2-12H,13H2,1H3,(H,29,31,33)/b18-10+. The second-order valence-corrected chi connectivity index (χ2v) is 9.04. The lowest BCUT2D eigenvalue weighted by Gasteiger charge is -2.26. The average Bonchev–Trinajstić information content (AvgIpc) is 2.83. The number of ether oxygens (including phenoxy) is 2. The van der Waals surface area contributed by atoms with Crippen LogP contribution in [-0.2, 0) is 16.2 Å². The van der Waals surface area contributed by atoms with Crippen molar-refractivity contribution in [2.24, 2.45) is 0 Å². The van der Waals surface area contributed by atoms with E-state index >= 15 is 0 Å². The summed E-state index contributed by atoms with van der Waals surface area (Å²) in [4.78, 5) is 38.9. The normalized spacial score (nSPS) is 14.8. The molecule has 3 aromatic carbocycles. The van der Waals surface area contributed by atoms with E-state index in [9.17, 15) is 14.4 Å². The van der Waals surface area contributed by atoms with Crippen molar-refractivity contribution in [1.82, 2.24) is 5.32 Å². The molecule has 0 saturated carbocycles. The first-order chi connectivity index (χ1) is 16.8. The van der Waals surface area contributed by atoms with Gasteiger partial charge in [-0.25, -0.2) is 9.69 Å². The maximum Gasteiger partial charge on any atom is 0.335 e. The molecule has 35 heavy (non-hydrogen) atoms. The second-order valence-electron chi connectivity index (χ2n) is 7.34. The number of barbiturate groups is 1. The highest BCUT2D eigenvalue weighted by molar-refractivity contribution is 9.10. The van der Waals surface area contributed by atoms with E-state index in [1.807, 2.05) is 18.2 Å². The van der Waals surface area contributed by atoms with Crippen molar-refractivity contribution in [3.05, 3.63) is 91.9 Å². The van der Waals surface area contributed by atoms with E-state index in [1.165, 1.54) is 25.3 Å². The van der Waals surface area contributed by atoms with Crippen LogP contribution >= 0.6 is 39.1 Å². The van der Waals surface area contributed by atoms with Gasteiger partial charge in [-0.3, -0.25) is 14.9 Å². The Hall–Kier alpha value is -3.33. The number of urea groups is 1. The molecule has 178 valence electrons. The van der Waals surface area contributed by atoms with Crippen LogP contribution in [0.4, 0.5) is 10.5 Å². The number of amides is 4. The van der Waals surface area contributed by atoms with Gasteiger partial charge in [-0.1, -0.05) is 57.3 Å². The smallest absolute Gasteiger partial charge is 0.335 e. The predicted octanol–water partition coefficient (Wildman–Crippen LogP) is 6.01. The third-order valence-corrected chi connectivity index (χ3v) is 6.42. The minimum Gasteiger partial charge on any atom is -0.493 e. The summed E-state index contributed by atoms with van der Waals surface area (Å²) >= 11 is 15.6. The van der Waals surface area contributed by atoms with Crippen LogP contribution < -0.4 is 19.7 Å². The Balaban J connectivity index is 1.65. The molecule has 7 nitrogen and oxygen atoms in total. The third-order valence-electron chi connectivity index (χ3n) is 5.11. The summed E-state index contributed by atoms with van der Waals surface area (Å²) in [6, 6.07) is 15.8. The number of hydrogen-bond acceptors (Lipinski definition) is 5. The Labute approximate surface area is 219 Å². The molecule has 4 amide bonds. The summed E-state index contributed by atoms with van der Waals surface area (Å²) in [6.45, 7) is 0.210. The molecule has 0 unspecified atom stereocenters. The van der Waals surface area contributed by atoms with Crippen LogP contribution in [0.1, 0.15) is 11.1 Å². The first kappa shape index (κ1) is 24.8. The fourth-order valence-electron chi connectivity index (χ4n) is 3.34. The van der Waals surface area contributed by atoms with E-state index in [-0.39, 0.29) is 17.9 Å². The number of halogens is 3. The molecule has 0 aromatic heterocycles. The van der Waals surface area contributed by atoms with Gasteiger partial charge < -0.3 is 9.47 Å². The fraction of sp³-hybridized carbons (Fsp3) is 0.0800. The molecule has 1 fully saturated rings. The molecule has 1 saturated heterocycles. The van der Waals surface area contributed by atoms with Crippen LogP contribution in [0.3, 0.4) is 0 Å². The van der Waals surface area contributed by atoms with Crippen molar-refractivity contribution < 1.29 is 23.9 Å². The van der Waals surface area contributed by atoms with E-state index < -0.39 is 17.8 Å². The van der Waals surface area contributed by atoms with Gasteiger partial charge in [0, 0.05) is 20.1 Å². The molecule has 1 aliphatic rings. The Morgan fingerprint density at radius 2 is 1.71 bits per heavy atom. The molecular weight excluding hydrogens is 559 g/mol. The molecule has 0 atom stereocenters. The molecule has 1 N–H and O–H groups in total. The van der Waals surface area contributed by atoms with Gasteiger partial charge in [0.15, 0.2) is 11.5 Å². The molecule has 1 aliphatic heterocycles. The predicted molar refractivity (Wildman–Crippen MR) is 137 cm³/mol. The van der Waals surface area contributed by atoms with E-state index in [1.54, 1.807) is 30.3 Å². The van der Waals surface area contributed by atoms with Gasteiger partial charge in [0.25, 0.3) is 11.8 Å². The van der Waals surface area contributed by atoms with E-state index in [4.69, 9.17) is 32.7 Å². The van der Waals surface area contributed by atoms with Gasteiger partial charge in [0.2, 0.25) is 0 Å². The highest BCUT2D eigenvalue weighted by Gasteiger charge is 2.37. The van der Waals surface area contributed by atoms with Crippen LogP contribution in [0.5, 0.6) is 11.5 Å². The largest absolute Gasteiger partial charge is 0.493 e. The average molecular weight is 576 g/mol. The molecule has 4 rings (SSSR count). The highest BCUT2D eigenvalue weighted by Crippen LogP contribution is 2.36. The van der Waals surface area contributed by atoms with Gasteiger partial charge in [0.05, 0.1) is 12.8 Å². The molecule has 0 spiro atoms. The summed E-state index contributed by atoms with van der Waals surface area (Å²) in [5.74, 6) is -0.777. The van der Waals surface area contributed by atoms with Gasteiger partial charge in [0.1, 0.15) is 12.2 Å². The lowest BCUT2D eigenvalue weighted by atomic mass is 10.1. The molecule has 1 heterocycles. The topological polar surface area (TPSA) is 84.9 Å². The number of carbonyl (C=O) groups excluding carboxylic acids is 3. The first-order valence-electron chi connectivity index (χ1n) is 10.2. The number of carbonyl (C=O) groups is 3. The number of hydrogen-bond donors (Lipinski definition) is 1. The van der Waals surface area contributed by atoms with Gasteiger partial charge in [-0.05, 0) is 54.1 Å². The minimum absolute atomic E-state index is 0.210. The Morgan fingerprint density at radius 3 is 2.40 bits per heavy atom. The molecule has 0 aliphatic carbocycles. The second kappa shape index (κ2) is 10.5. The van der Waals surface area contributed by atoms with Crippen molar-refractivity contribution in [2.75, 3.05) is 12.0 Å². The number of imide groups is 2. The number of rotatable bonds is 6.